The van der Waals surface area contributed by atoms with Crippen LogP contribution in [0.1, 0.15) is 22.3 Å². The molecule has 2 aliphatic rings. The predicted molar refractivity (Wildman–Crippen MR) is 253 cm³/mol. The minimum atomic E-state index is -0.554. The normalized spacial score (nSPS) is 12.8. The van der Waals surface area contributed by atoms with Crippen molar-refractivity contribution in [1.82, 2.24) is 9.97 Å². The van der Waals surface area contributed by atoms with Gasteiger partial charge in [0, 0.05) is 22.3 Å². The summed E-state index contributed by atoms with van der Waals surface area (Å²) in [6.45, 7) is 0. The number of para-hydroxylation sites is 1. The molecule has 63 heavy (non-hydrogen) atoms. The SMILES string of the molecule is c1ccc(-c2ccc(-c3cc(-c4cccc5c4Oc4ccc6c(c4O5)-c4ccccc4C6(c4ccccc4)c4ccccc4)nc(-c4ccc(-c5ccccc5)cc4)n3)cc2)cc1. The van der Waals surface area contributed by atoms with Gasteiger partial charge in [0.05, 0.1) is 16.8 Å². The van der Waals surface area contributed by atoms with Gasteiger partial charge in [-0.25, -0.2) is 9.97 Å². The number of ether oxygens (including phenoxy) is 2. The summed E-state index contributed by atoms with van der Waals surface area (Å²) in [5.41, 5.74) is 15.2. The zero-order chi connectivity index (χ0) is 41.7. The monoisotopic (exact) mass is 806 g/mol. The number of aromatic nitrogens is 2. The minimum Gasteiger partial charge on any atom is -0.449 e. The maximum Gasteiger partial charge on any atom is 0.179 e. The highest BCUT2D eigenvalue weighted by molar-refractivity contribution is 5.92. The van der Waals surface area contributed by atoms with Gasteiger partial charge in [0.2, 0.25) is 0 Å². The lowest BCUT2D eigenvalue weighted by Crippen LogP contribution is -2.28. The smallest absolute Gasteiger partial charge is 0.179 e. The van der Waals surface area contributed by atoms with E-state index in [1.54, 1.807) is 0 Å². The Hall–Kier alpha value is -8.34. The van der Waals surface area contributed by atoms with E-state index in [1.807, 2.05) is 24.3 Å². The molecule has 0 N–H and O–H groups in total. The third-order valence-electron chi connectivity index (χ3n) is 12.5. The molecule has 1 aromatic heterocycles. The van der Waals surface area contributed by atoms with Crippen LogP contribution in [0.3, 0.4) is 0 Å². The number of benzene rings is 9. The van der Waals surface area contributed by atoms with Crippen LogP contribution in [0.5, 0.6) is 23.0 Å². The molecule has 0 saturated carbocycles. The van der Waals surface area contributed by atoms with Crippen LogP contribution in [0.15, 0.2) is 231 Å². The van der Waals surface area contributed by atoms with Gasteiger partial charge in [-0.15, -0.1) is 0 Å². The topological polar surface area (TPSA) is 44.2 Å². The van der Waals surface area contributed by atoms with E-state index >= 15 is 0 Å². The van der Waals surface area contributed by atoms with Crippen molar-refractivity contribution < 1.29 is 9.47 Å². The fourth-order valence-corrected chi connectivity index (χ4v) is 9.56. The zero-order valence-corrected chi connectivity index (χ0v) is 34.2. The maximum atomic E-state index is 7.08. The van der Waals surface area contributed by atoms with Crippen LogP contribution in [0, 0.1) is 0 Å². The minimum absolute atomic E-state index is 0.554. The van der Waals surface area contributed by atoms with Crippen LogP contribution in [-0.4, -0.2) is 9.97 Å². The maximum absolute atomic E-state index is 7.08. The number of hydrogen-bond acceptors (Lipinski definition) is 4. The van der Waals surface area contributed by atoms with Crippen molar-refractivity contribution in [1.29, 1.82) is 0 Å². The van der Waals surface area contributed by atoms with Crippen LogP contribution in [0.25, 0.3) is 67.3 Å². The summed E-state index contributed by atoms with van der Waals surface area (Å²) in [6, 6.07) is 80.6. The van der Waals surface area contributed by atoms with Crippen molar-refractivity contribution in [2.75, 3.05) is 0 Å². The molecule has 0 unspecified atom stereocenters. The van der Waals surface area contributed by atoms with Crippen molar-refractivity contribution in [2.24, 2.45) is 0 Å². The Labute approximate surface area is 366 Å². The van der Waals surface area contributed by atoms with Gasteiger partial charge in [-0.3, -0.25) is 0 Å². The second-order valence-electron chi connectivity index (χ2n) is 16.0. The Kier molecular flexibility index (Phi) is 8.68. The summed E-state index contributed by atoms with van der Waals surface area (Å²) in [6.07, 6.45) is 0. The van der Waals surface area contributed by atoms with Crippen LogP contribution in [-0.2, 0) is 5.41 Å². The zero-order valence-electron chi connectivity index (χ0n) is 34.2. The van der Waals surface area contributed by atoms with Crippen molar-refractivity contribution in [3.8, 4) is 90.3 Å². The summed E-state index contributed by atoms with van der Waals surface area (Å²) in [4.78, 5) is 10.5. The molecule has 12 rings (SSSR count). The number of hydrogen-bond donors (Lipinski definition) is 0. The van der Waals surface area contributed by atoms with Crippen LogP contribution in [0.2, 0.25) is 0 Å². The Bertz CT molecular complexity index is 3160. The Morgan fingerprint density at radius 1 is 0.317 bits per heavy atom. The van der Waals surface area contributed by atoms with Gasteiger partial charge in [0.1, 0.15) is 0 Å². The second kappa shape index (κ2) is 15.0. The average molecular weight is 807 g/mol. The molecule has 1 aliphatic heterocycles. The Morgan fingerprint density at radius 2 is 0.794 bits per heavy atom. The first-order valence-electron chi connectivity index (χ1n) is 21.3. The van der Waals surface area contributed by atoms with E-state index in [2.05, 4.69) is 206 Å². The molecule has 0 radical (unpaired) electrons. The average Bonchev–Trinajstić information content (AvgIpc) is 3.68. The largest absolute Gasteiger partial charge is 0.449 e. The van der Waals surface area contributed by atoms with Crippen molar-refractivity contribution >= 4 is 0 Å². The molecule has 2 heterocycles. The van der Waals surface area contributed by atoms with Gasteiger partial charge in [0.25, 0.3) is 0 Å². The highest BCUT2D eigenvalue weighted by Crippen LogP contribution is 2.62. The molecule has 0 atom stereocenters. The molecule has 10 aromatic rings. The molecule has 0 amide bonds. The van der Waals surface area contributed by atoms with Crippen molar-refractivity contribution in [3.63, 3.8) is 0 Å². The molecular weight excluding hydrogens is 769 g/mol. The third-order valence-corrected chi connectivity index (χ3v) is 12.5. The summed E-state index contributed by atoms with van der Waals surface area (Å²) in [5, 5.41) is 0. The predicted octanol–water partition coefficient (Wildman–Crippen LogP) is 15.1. The Balaban J connectivity index is 0.988. The van der Waals surface area contributed by atoms with E-state index in [9.17, 15) is 0 Å². The lowest BCUT2D eigenvalue weighted by atomic mass is 9.68. The highest BCUT2D eigenvalue weighted by atomic mass is 16.6. The fourth-order valence-electron chi connectivity index (χ4n) is 9.56. The standard InChI is InChI=1S/C59H38N2O2/c1-5-16-39(17-6-1)41-28-32-43(33-29-41)51-38-52(61-58(60-51)44-34-30-42(31-35-44)40-18-7-2-8-19-40)48-25-15-27-53-56(48)62-54-37-36-50-55(57(54)63-53)47-24-13-14-26-49(47)59(50,45-20-9-3-10-21-45)46-22-11-4-12-23-46/h1-38H. The number of rotatable bonds is 7. The van der Waals surface area contributed by atoms with Gasteiger partial charge < -0.3 is 9.47 Å². The van der Waals surface area contributed by atoms with Crippen molar-refractivity contribution in [3.05, 3.63) is 253 Å². The summed E-state index contributed by atoms with van der Waals surface area (Å²) in [7, 11) is 0. The molecule has 1 aliphatic carbocycles. The van der Waals surface area contributed by atoms with E-state index in [-0.39, 0.29) is 0 Å². The Morgan fingerprint density at radius 3 is 1.43 bits per heavy atom. The van der Waals surface area contributed by atoms with Gasteiger partial charge in [-0.05, 0) is 74.3 Å². The first kappa shape index (κ1) is 36.5. The van der Waals surface area contributed by atoms with E-state index in [4.69, 9.17) is 19.4 Å². The number of fused-ring (bicyclic) bond motifs is 6. The van der Waals surface area contributed by atoms with Crippen LogP contribution in [0.4, 0.5) is 0 Å². The van der Waals surface area contributed by atoms with E-state index < -0.39 is 5.41 Å². The molecule has 0 saturated heterocycles. The summed E-state index contributed by atoms with van der Waals surface area (Å²) < 4.78 is 14.1. The van der Waals surface area contributed by atoms with Crippen LogP contribution < -0.4 is 9.47 Å². The van der Waals surface area contributed by atoms with Gasteiger partial charge in [-0.2, -0.15) is 0 Å². The molecule has 0 fully saturated rings. The molecule has 4 nitrogen and oxygen atoms in total. The van der Waals surface area contributed by atoms with E-state index in [1.165, 1.54) is 22.3 Å². The van der Waals surface area contributed by atoms with Gasteiger partial charge in [0.15, 0.2) is 28.8 Å². The second-order valence-corrected chi connectivity index (χ2v) is 16.0. The molecule has 296 valence electrons. The summed E-state index contributed by atoms with van der Waals surface area (Å²) in [5.74, 6) is 3.23. The summed E-state index contributed by atoms with van der Waals surface area (Å²) >= 11 is 0. The van der Waals surface area contributed by atoms with E-state index in [0.29, 0.717) is 28.8 Å². The van der Waals surface area contributed by atoms with Crippen LogP contribution >= 0.6 is 0 Å². The molecular formula is C59H38N2O2. The van der Waals surface area contributed by atoms with Gasteiger partial charge in [-0.1, -0.05) is 206 Å². The quantitative estimate of drug-likeness (QED) is 0.161. The fraction of sp³-hybridized carbons (Fsp3) is 0.0169. The molecule has 9 aromatic carbocycles. The van der Waals surface area contributed by atoms with Gasteiger partial charge >= 0.3 is 0 Å². The lowest BCUT2D eigenvalue weighted by molar-refractivity contribution is 0.361. The molecule has 4 heteroatoms. The number of nitrogens with zero attached hydrogens (tertiary/aromatic N) is 2. The third kappa shape index (κ3) is 6.07. The molecule has 0 spiro atoms. The first-order valence-corrected chi connectivity index (χ1v) is 21.3. The first-order chi connectivity index (χ1) is 31.2. The highest BCUT2D eigenvalue weighted by Gasteiger charge is 2.48. The molecule has 0 bridgehead atoms. The lowest BCUT2D eigenvalue weighted by Gasteiger charge is -2.34. The van der Waals surface area contributed by atoms with E-state index in [0.717, 1.165) is 61.5 Å². The van der Waals surface area contributed by atoms with Crippen molar-refractivity contribution in [2.45, 2.75) is 5.41 Å².